The van der Waals surface area contributed by atoms with E-state index in [9.17, 15) is 18.3 Å². The lowest BCUT2D eigenvalue weighted by molar-refractivity contribution is -0.130. The second-order valence-electron chi connectivity index (χ2n) is 8.22. The number of carbonyl (C=O) groups is 1. The van der Waals surface area contributed by atoms with Crippen molar-refractivity contribution in [2.24, 2.45) is 0 Å². The molecule has 0 saturated carbocycles. The molecular formula is C26H29ClN2O5S. The van der Waals surface area contributed by atoms with E-state index in [0.29, 0.717) is 30.3 Å². The van der Waals surface area contributed by atoms with E-state index in [1.54, 1.807) is 56.6 Å². The Labute approximate surface area is 211 Å². The van der Waals surface area contributed by atoms with Crippen molar-refractivity contribution in [3.63, 3.8) is 0 Å². The van der Waals surface area contributed by atoms with Gasteiger partial charge in [-0.3, -0.25) is 4.79 Å². The molecule has 3 aromatic rings. The minimum Gasteiger partial charge on any atom is -0.484 e. The fraction of sp³-hybridized carbons (Fsp3) is 0.269. The van der Waals surface area contributed by atoms with Gasteiger partial charge < -0.3 is 20.1 Å². The highest BCUT2D eigenvalue weighted by molar-refractivity contribution is 7.91. The molecule has 1 amide bonds. The van der Waals surface area contributed by atoms with Crippen molar-refractivity contribution in [3.05, 3.63) is 88.9 Å². The zero-order valence-electron chi connectivity index (χ0n) is 19.6. The molecule has 7 nitrogen and oxygen atoms in total. The van der Waals surface area contributed by atoms with E-state index in [4.69, 9.17) is 16.3 Å². The Morgan fingerprint density at radius 3 is 2.26 bits per heavy atom. The van der Waals surface area contributed by atoms with Gasteiger partial charge in [-0.05, 0) is 72.6 Å². The van der Waals surface area contributed by atoms with Crippen molar-refractivity contribution < 1.29 is 23.1 Å². The molecule has 0 heterocycles. The number of sulfone groups is 1. The van der Waals surface area contributed by atoms with Gasteiger partial charge in [0.2, 0.25) is 9.84 Å². The summed E-state index contributed by atoms with van der Waals surface area (Å²) in [4.78, 5) is 13.4. The number of nitrogens with zero attached hydrogens (tertiary/aromatic N) is 1. The predicted octanol–water partition coefficient (Wildman–Crippen LogP) is 3.51. The Morgan fingerprint density at radius 2 is 1.66 bits per heavy atom. The Hall–Kier alpha value is -2.91. The molecule has 1 atom stereocenters. The quantitative estimate of drug-likeness (QED) is 0.379. The van der Waals surface area contributed by atoms with Gasteiger partial charge in [0.25, 0.3) is 5.91 Å². The third-order valence-corrected chi connectivity index (χ3v) is 7.41. The molecule has 0 aromatic heterocycles. The first-order chi connectivity index (χ1) is 16.7. The van der Waals surface area contributed by atoms with Crippen molar-refractivity contribution in [1.29, 1.82) is 0 Å². The molecule has 0 unspecified atom stereocenters. The SMILES string of the molecule is CN(C)C(=O)COc1ccc(S(=O)(=O)c2ccc(CCNC[C@H](O)c3cccc(Cl)c3)cc2)cc1. The summed E-state index contributed by atoms with van der Waals surface area (Å²) in [6.07, 6.45) is 0.0202. The Bertz CT molecular complexity index is 1230. The van der Waals surface area contributed by atoms with Crippen LogP contribution in [-0.4, -0.2) is 58.1 Å². The number of aliphatic hydroxyl groups is 1. The van der Waals surface area contributed by atoms with Crippen LogP contribution in [0.15, 0.2) is 82.6 Å². The van der Waals surface area contributed by atoms with Crippen LogP contribution in [0.25, 0.3) is 0 Å². The molecule has 0 aliphatic rings. The van der Waals surface area contributed by atoms with Crippen LogP contribution < -0.4 is 10.1 Å². The number of rotatable bonds is 11. The first kappa shape index (κ1) is 26.7. The summed E-state index contributed by atoms with van der Waals surface area (Å²) in [5.41, 5.74) is 1.73. The van der Waals surface area contributed by atoms with Gasteiger partial charge in [-0.2, -0.15) is 0 Å². The molecule has 3 rings (SSSR count). The lowest BCUT2D eigenvalue weighted by atomic mass is 10.1. The average molecular weight is 517 g/mol. The van der Waals surface area contributed by atoms with Crippen LogP contribution in [0.3, 0.4) is 0 Å². The number of hydrogen-bond acceptors (Lipinski definition) is 6. The Balaban J connectivity index is 1.52. The lowest BCUT2D eigenvalue weighted by Crippen LogP contribution is -2.27. The maximum atomic E-state index is 13.0. The number of halogens is 1. The first-order valence-corrected chi connectivity index (χ1v) is 12.9. The van der Waals surface area contributed by atoms with E-state index in [-0.39, 0.29) is 22.3 Å². The molecule has 0 aliphatic heterocycles. The summed E-state index contributed by atoms with van der Waals surface area (Å²) in [6.45, 7) is 0.895. The second-order valence-corrected chi connectivity index (χ2v) is 10.6. The minimum atomic E-state index is -3.68. The second kappa shape index (κ2) is 12.2. The smallest absolute Gasteiger partial charge is 0.259 e. The van der Waals surface area contributed by atoms with E-state index in [0.717, 1.165) is 11.1 Å². The first-order valence-electron chi connectivity index (χ1n) is 11.1. The van der Waals surface area contributed by atoms with Gasteiger partial charge in [-0.25, -0.2) is 8.42 Å². The maximum absolute atomic E-state index is 13.0. The standard InChI is InChI=1S/C26H29ClN2O5S/c1-29(2)26(31)18-34-22-8-12-24(13-9-22)35(32,33)23-10-6-19(7-11-23)14-15-28-17-25(30)20-4-3-5-21(27)16-20/h3-13,16,25,28,30H,14-15,17-18H2,1-2H3/t25-/m0/s1. The zero-order valence-corrected chi connectivity index (χ0v) is 21.2. The third kappa shape index (κ3) is 7.53. The molecule has 186 valence electrons. The molecular weight excluding hydrogens is 488 g/mol. The van der Waals surface area contributed by atoms with Crippen molar-refractivity contribution >= 4 is 27.3 Å². The lowest BCUT2D eigenvalue weighted by Gasteiger charge is -2.13. The number of ether oxygens (including phenoxy) is 1. The third-order valence-electron chi connectivity index (χ3n) is 5.39. The number of hydrogen-bond donors (Lipinski definition) is 2. The molecule has 3 aromatic carbocycles. The highest BCUT2D eigenvalue weighted by Gasteiger charge is 2.18. The highest BCUT2D eigenvalue weighted by atomic mass is 35.5. The van der Waals surface area contributed by atoms with Crippen molar-refractivity contribution in [2.45, 2.75) is 22.3 Å². The van der Waals surface area contributed by atoms with Crippen LogP contribution in [0.5, 0.6) is 5.75 Å². The molecule has 35 heavy (non-hydrogen) atoms. The van der Waals surface area contributed by atoms with Crippen LogP contribution in [0.4, 0.5) is 0 Å². The summed E-state index contributed by atoms with van der Waals surface area (Å²) in [5.74, 6) is 0.233. The van der Waals surface area contributed by atoms with Crippen LogP contribution in [0, 0.1) is 0 Å². The zero-order chi connectivity index (χ0) is 25.4. The number of aliphatic hydroxyl groups excluding tert-OH is 1. The van der Waals surface area contributed by atoms with E-state index in [1.807, 2.05) is 6.07 Å². The average Bonchev–Trinajstić information content (AvgIpc) is 2.85. The summed E-state index contributed by atoms with van der Waals surface area (Å²) in [7, 11) is -0.408. The molecule has 2 N–H and O–H groups in total. The van der Waals surface area contributed by atoms with Crippen LogP contribution in [0.1, 0.15) is 17.2 Å². The van der Waals surface area contributed by atoms with Gasteiger partial charge in [0, 0.05) is 25.7 Å². The highest BCUT2D eigenvalue weighted by Crippen LogP contribution is 2.24. The van der Waals surface area contributed by atoms with Gasteiger partial charge in [-0.15, -0.1) is 0 Å². The normalized spacial score (nSPS) is 12.2. The van der Waals surface area contributed by atoms with E-state index < -0.39 is 15.9 Å². The minimum absolute atomic E-state index is 0.116. The van der Waals surface area contributed by atoms with E-state index in [1.165, 1.54) is 29.2 Å². The van der Waals surface area contributed by atoms with Gasteiger partial charge in [0.1, 0.15) is 5.75 Å². The predicted molar refractivity (Wildman–Crippen MR) is 136 cm³/mol. The monoisotopic (exact) mass is 516 g/mol. The van der Waals surface area contributed by atoms with Crippen molar-refractivity contribution in [2.75, 3.05) is 33.8 Å². The maximum Gasteiger partial charge on any atom is 0.259 e. The molecule has 0 saturated heterocycles. The summed E-state index contributed by atoms with van der Waals surface area (Å²) in [6, 6.07) is 19.9. The molecule has 0 radical (unpaired) electrons. The van der Waals surface area contributed by atoms with E-state index >= 15 is 0 Å². The number of carbonyl (C=O) groups excluding carboxylic acids is 1. The molecule has 9 heteroatoms. The number of amides is 1. The Morgan fingerprint density at radius 1 is 1.03 bits per heavy atom. The Kier molecular flexibility index (Phi) is 9.28. The van der Waals surface area contributed by atoms with Gasteiger partial charge in [0.15, 0.2) is 6.61 Å². The molecule has 0 aliphatic carbocycles. The van der Waals surface area contributed by atoms with E-state index in [2.05, 4.69) is 5.32 Å². The molecule has 0 fully saturated rings. The molecule has 0 spiro atoms. The molecule has 0 bridgehead atoms. The fourth-order valence-electron chi connectivity index (χ4n) is 3.26. The summed E-state index contributed by atoms with van der Waals surface area (Å²) in [5, 5.41) is 14.0. The number of likely N-dealkylation sites (N-methyl/N-ethyl adjacent to an activating group) is 1. The van der Waals surface area contributed by atoms with Gasteiger partial charge in [0.05, 0.1) is 15.9 Å². The summed E-state index contributed by atoms with van der Waals surface area (Å²) >= 11 is 5.96. The van der Waals surface area contributed by atoms with Crippen molar-refractivity contribution in [1.82, 2.24) is 10.2 Å². The number of nitrogens with one attached hydrogen (secondary N) is 1. The fourth-order valence-corrected chi connectivity index (χ4v) is 4.72. The van der Waals surface area contributed by atoms with Crippen LogP contribution >= 0.6 is 11.6 Å². The summed E-state index contributed by atoms with van der Waals surface area (Å²) < 4.78 is 31.3. The van der Waals surface area contributed by atoms with Gasteiger partial charge in [-0.1, -0.05) is 35.9 Å². The number of benzene rings is 3. The van der Waals surface area contributed by atoms with Crippen LogP contribution in [-0.2, 0) is 21.1 Å². The largest absolute Gasteiger partial charge is 0.484 e. The van der Waals surface area contributed by atoms with Gasteiger partial charge >= 0.3 is 0 Å². The van der Waals surface area contributed by atoms with Crippen LogP contribution in [0.2, 0.25) is 5.02 Å². The van der Waals surface area contributed by atoms with Crippen molar-refractivity contribution in [3.8, 4) is 5.75 Å². The topological polar surface area (TPSA) is 95.9 Å².